The molecule has 8 heteroatoms. The normalized spacial score (nSPS) is 17.6. The number of aryl methyl sites for hydroxylation is 1. The van der Waals surface area contributed by atoms with E-state index in [0.29, 0.717) is 22.4 Å². The minimum absolute atomic E-state index is 0.0204. The fourth-order valence-corrected chi connectivity index (χ4v) is 4.04. The molecule has 4 aromatic rings. The van der Waals surface area contributed by atoms with Crippen LogP contribution in [0.15, 0.2) is 72.6 Å². The molecule has 1 saturated heterocycles. The van der Waals surface area contributed by atoms with Crippen molar-refractivity contribution in [2.24, 2.45) is 0 Å². The average Bonchev–Trinajstić information content (AvgIpc) is 3.37. The first-order valence-electron chi connectivity index (χ1n) is 10.3. The Morgan fingerprint density at radius 2 is 1.79 bits per heavy atom. The van der Waals surface area contributed by atoms with E-state index in [1.165, 1.54) is 4.90 Å². The number of ketones is 1. The quantitative estimate of drug-likeness (QED) is 0.283. The molecule has 0 saturated carbocycles. The number of hydrogen-bond acceptors (Lipinski definition) is 6. The number of nitrogens with one attached hydrogen (secondary N) is 1. The van der Waals surface area contributed by atoms with Crippen LogP contribution in [0.3, 0.4) is 0 Å². The molecule has 164 valence electrons. The number of aliphatic hydroxyl groups excluding tert-OH is 1. The van der Waals surface area contributed by atoms with Crippen LogP contribution in [0.2, 0.25) is 0 Å². The molecule has 5 rings (SSSR count). The minimum Gasteiger partial charge on any atom is -0.507 e. The topological polar surface area (TPSA) is 108 Å². The molecule has 1 fully saturated rings. The maximum Gasteiger partial charge on any atom is 0.302 e. The van der Waals surface area contributed by atoms with Crippen molar-refractivity contribution < 1.29 is 19.4 Å². The van der Waals surface area contributed by atoms with Gasteiger partial charge in [0.05, 0.1) is 29.8 Å². The summed E-state index contributed by atoms with van der Waals surface area (Å²) in [6.07, 6.45) is 3.15. The molecule has 0 aliphatic carbocycles. The molecule has 2 aromatic heterocycles. The van der Waals surface area contributed by atoms with Gasteiger partial charge in [-0.05, 0) is 66.6 Å². The molecule has 8 nitrogen and oxygen atoms in total. The van der Waals surface area contributed by atoms with Gasteiger partial charge < -0.3 is 14.8 Å². The van der Waals surface area contributed by atoms with Gasteiger partial charge in [-0.3, -0.25) is 19.5 Å². The van der Waals surface area contributed by atoms with Crippen molar-refractivity contribution in [3.05, 3.63) is 89.3 Å². The fraction of sp³-hybridized carbons (Fsp3) is 0.120. The number of H-pyrrole nitrogens is 1. The molecule has 1 aliphatic heterocycles. The number of benzene rings is 2. The van der Waals surface area contributed by atoms with Gasteiger partial charge in [0.15, 0.2) is 0 Å². The molecule has 0 radical (unpaired) electrons. The Labute approximate surface area is 189 Å². The largest absolute Gasteiger partial charge is 0.507 e. The van der Waals surface area contributed by atoms with Crippen molar-refractivity contribution in [2.45, 2.75) is 13.0 Å². The van der Waals surface area contributed by atoms with Crippen molar-refractivity contribution in [1.82, 2.24) is 15.0 Å². The second kappa shape index (κ2) is 7.90. The number of nitrogens with zero attached hydrogens (tertiary/aromatic N) is 3. The van der Waals surface area contributed by atoms with Gasteiger partial charge in [-0.25, -0.2) is 4.98 Å². The first kappa shape index (κ1) is 20.4. The highest BCUT2D eigenvalue weighted by Gasteiger charge is 2.48. The van der Waals surface area contributed by atoms with Gasteiger partial charge in [-0.15, -0.1) is 0 Å². The third kappa shape index (κ3) is 3.41. The lowest BCUT2D eigenvalue weighted by molar-refractivity contribution is -0.132. The zero-order chi connectivity index (χ0) is 23.1. The number of Topliss-reactive ketones (excluding diaryl/α,β-unsaturated/α-hetero) is 1. The second-order valence-corrected chi connectivity index (χ2v) is 7.76. The number of amides is 1. The Balaban J connectivity index is 1.70. The van der Waals surface area contributed by atoms with Crippen molar-refractivity contribution in [1.29, 1.82) is 0 Å². The molecule has 1 aliphatic rings. The Kier molecular flexibility index (Phi) is 4.90. The van der Waals surface area contributed by atoms with Gasteiger partial charge in [-0.2, -0.15) is 0 Å². The zero-order valence-electron chi connectivity index (χ0n) is 17.9. The standard InChI is InChI=1S/C25H20N4O4/c1-14-3-8-18-19(13-14)28-25(27-18)29-21(15-9-11-26-12-10-15)20(23(31)24(29)32)22(30)16-4-6-17(33-2)7-5-16/h3-13,21,30H,1-2H3,(H,27,28)/b22-20+. The van der Waals surface area contributed by atoms with Crippen LogP contribution < -0.4 is 9.64 Å². The molecule has 1 atom stereocenters. The molecular weight excluding hydrogens is 420 g/mol. The van der Waals surface area contributed by atoms with Gasteiger partial charge in [0.1, 0.15) is 11.5 Å². The van der Waals surface area contributed by atoms with Crippen LogP contribution in [0, 0.1) is 6.92 Å². The number of aliphatic hydroxyl groups is 1. The van der Waals surface area contributed by atoms with Crippen LogP contribution in [0.4, 0.5) is 5.95 Å². The highest BCUT2D eigenvalue weighted by molar-refractivity contribution is 6.51. The van der Waals surface area contributed by atoms with Crippen LogP contribution in [-0.2, 0) is 9.59 Å². The number of imidazole rings is 1. The van der Waals surface area contributed by atoms with Gasteiger partial charge in [-0.1, -0.05) is 6.07 Å². The monoisotopic (exact) mass is 440 g/mol. The number of carbonyl (C=O) groups excluding carboxylic acids is 2. The lowest BCUT2D eigenvalue weighted by atomic mass is 9.96. The molecule has 3 heterocycles. The summed E-state index contributed by atoms with van der Waals surface area (Å²) < 4.78 is 5.17. The third-order valence-electron chi connectivity index (χ3n) is 5.68. The smallest absolute Gasteiger partial charge is 0.302 e. The van der Waals surface area contributed by atoms with Gasteiger partial charge in [0.25, 0.3) is 5.78 Å². The first-order chi connectivity index (χ1) is 16.0. The number of methoxy groups -OCH3 is 1. The van der Waals surface area contributed by atoms with E-state index in [-0.39, 0.29) is 17.3 Å². The number of anilines is 1. The number of hydrogen-bond donors (Lipinski definition) is 2. The molecule has 0 spiro atoms. The van der Waals surface area contributed by atoms with Crippen molar-refractivity contribution in [3.8, 4) is 5.75 Å². The van der Waals surface area contributed by atoms with Gasteiger partial charge >= 0.3 is 5.91 Å². The summed E-state index contributed by atoms with van der Waals surface area (Å²) in [4.78, 5) is 39.4. The van der Waals surface area contributed by atoms with E-state index in [1.54, 1.807) is 55.9 Å². The van der Waals surface area contributed by atoms with E-state index >= 15 is 0 Å². The summed E-state index contributed by atoms with van der Waals surface area (Å²) >= 11 is 0. The van der Waals surface area contributed by atoms with Crippen molar-refractivity contribution >= 4 is 34.4 Å². The molecule has 1 amide bonds. The first-order valence-corrected chi connectivity index (χ1v) is 10.3. The van der Waals surface area contributed by atoms with Crippen molar-refractivity contribution in [3.63, 3.8) is 0 Å². The second-order valence-electron chi connectivity index (χ2n) is 7.76. The Morgan fingerprint density at radius 3 is 2.48 bits per heavy atom. The predicted octanol–water partition coefficient (Wildman–Crippen LogP) is 3.90. The lowest BCUT2D eigenvalue weighted by Gasteiger charge is -2.22. The van der Waals surface area contributed by atoms with E-state index in [4.69, 9.17) is 4.74 Å². The van der Waals surface area contributed by atoms with Gasteiger partial charge in [0, 0.05) is 18.0 Å². The maximum absolute atomic E-state index is 13.2. The molecule has 2 N–H and O–H groups in total. The van der Waals surface area contributed by atoms with Crippen molar-refractivity contribution in [2.75, 3.05) is 12.0 Å². The number of pyridine rings is 1. The van der Waals surface area contributed by atoms with E-state index in [9.17, 15) is 14.7 Å². The predicted molar refractivity (Wildman–Crippen MR) is 123 cm³/mol. The van der Waals surface area contributed by atoms with E-state index in [2.05, 4.69) is 15.0 Å². The zero-order valence-corrected chi connectivity index (χ0v) is 17.9. The van der Waals surface area contributed by atoms with Gasteiger partial charge in [0.2, 0.25) is 5.95 Å². The highest BCUT2D eigenvalue weighted by atomic mass is 16.5. The van der Waals surface area contributed by atoms with E-state index < -0.39 is 17.7 Å². The minimum atomic E-state index is -0.878. The summed E-state index contributed by atoms with van der Waals surface area (Å²) in [6.45, 7) is 1.96. The highest BCUT2D eigenvalue weighted by Crippen LogP contribution is 2.41. The summed E-state index contributed by atoms with van der Waals surface area (Å²) in [5, 5.41) is 11.1. The SMILES string of the molecule is COc1ccc(/C(O)=C2\C(=O)C(=O)N(c3nc4ccc(C)cc4[nH]3)C2c2ccncc2)cc1. The molecule has 2 aromatic carbocycles. The number of fused-ring (bicyclic) bond motifs is 1. The van der Waals surface area contributed by atoms with Crippen LogP contribution in [0.5, 0.6) is 5.75 Å². The molecular formula is C25H20N4O4. The Morgan fingerprint density at radius 1 is 1.06 bits per heavy atom. The number of rotatable bonds is 4. The number of aromatic amines is 1. The Bertz CT molecular complexity index is 1410. The van der Waals surface area contributed by atoms with Crippen LogP contribution in [-0.4, -0.2) is 38.9 Å². The fourth-order valence-electron chi connectivity index (χ4n) is 4.04. The van der Waals surface area contributed by atoms with E-state index in [0.717, 1.165) is 11.1 Å². The number of aromatic nitrogens is 3. The summed E-state index contributed by atoms with van der Waals surface area (Å²) in [5.74, 6) is -1.000. The Hall–Kier alpha value is -4.46. The van der Waals surface area contributed by atoms with Crippen LogP contribution in [0.1, 0.15) is 22.7 Å². The molecule has 1 unspecified atom stereocenters. The summed E-state index contributed by atoms with van der Waals surface area (Å²) in [6, 6.07) is 14.8. The summed E-state index contributed by atoms with van der Waals surface area (Å²) in [7, 11) is 1.54. The summed E-state index contributed by atoms with van der Waals surface area (Å²) in [5.41, 5.74) is 3.44. The maximum atomic E-state index is 13.2. The van der Waals surface area contributed by atoms with E-state index in [1.807, 2.05) is 25.1 Å². The lowest BCUT2D eigenvalue weighted by Crippen LogP contribution is -2.30. The molecule has 0 bridgehead atoms. The molecule has 33 heavy (non-hydrogen) atoms. The third-order valence-corrected chi connectivity index (χ3v) is 5.68. The van der Waals surface area contributed by atoms with Crippen LogP contribution >= 0.6 is 0 Å². The number of ether oxygens (including phenoxy) is 1. The average molecular weight is 440 g/mol. The number of carbonyl (C=O) groups is 2. The van der Waals surface area contributed by atoms with Crippen LogP contribution in [0.25, 0.3) is 16.8 Å².